The molecule has 98 valence electrons. The molecule has 0 aromatic carbocycles. The highest BCUT2D eigenvalue weighted by molar-refractivity contribution is 9.10. The van der Waals surface area contributed by atoms with Crippen LogP contribution >= 0.6 is 27.7 Å². The average Bonchev–Trinajstić information content (AvgIpc) is 3.25. The van der Waals surface area contributed by atoms with E-state index in [9.17, 15) is 0 Å². The molecule has 0 atom stereocenters. The van der Waals surface area contributed by atoms with Crippen LogP contribution in [0.3, 0.4) is 0 Å². The largest absolute Gasteiger partial charge is 0.310 e. The molecule has 0 spiro atoms. The van der Waals surface area contributed by atoms with Crippen molar-refractivity contribution in [3.05, 3.63) is 46.7 Å². The molecule has 0 aliphatic heterocycles. The zero-order valence-electron chi connectivity index (χ0n) is 10.3. The summed E-state index contributed by atoms with van der Waals surface area (Å²) in [6, 6.07) is 8.83. The minimum atomic E-state index is 0.712. The molecular formula is C14H14BrN3S. The van der Waals surface area contributed by atoms with Crippen LogP contribution in [0.5, 0.6) is 0 Å². The molecule has 0 bridgehead atoms. The van der Waals surface area contributed by atoms with Crippen LogP contribution in [-0.4, -0.2) is 16.0 Å². The first-order chi connectivity index (χ1) is 9.31. The van der Waals surface area contributed by atoms with E-state index in [0.29, 0.717) is 6.04 Å². The van der Waals surface area contributed by atoms with E-state index >= 15 is 0 Å². The van der Waals surface area contributed by atoms with E-state index in [2.05, 4.69) is 37.3 Å². The van der Waals surface area contributed by atoms with Gasteiger partial charge in [-0.15, -0.1) is 0 Å². The van der Waals surface area contributed by atoms with Crippen LogP contribution in [0.1, 0.15) is 18.4 Å². The molecule has 1 aliphatic carbocycles. The number of rotatable bonds is 5. The Morgan fingerprint density at radius 2 is 2.16 bits per heavy atom. The molecule has 3 nitrogen and oxygen atoms in total. The molecule has 5 heteroatoms. The zero-order valence-corrected chi connectivity index (χ0v) is 12.7. The van der Waals surface area contributed by atoms with Crippen LogP contribution in [0.15, 0.2) is 51.2 Å². The number of nitrogens with one attached hydrogen (secondary N) is 1. The van der Waals surface area contributed by atoms with E-state index in [0.717, 1.165) is 21.1 Å². The van der Waals surface area contributed by atoms with E-state index < -0.39 is 0 Å². The predicted octanol–water partition coefficient (Wildman–Crippen LogP) is 3.64. The molecule has 2 heterocycles. The van der Waals surface area contributed by atoms with Crippen LogP contribution in [0, 0.1) is 0 Å². The quantitative estimate of drug-likeness (QED) is 0.905. The molecule has 2 aromatic rings. The number of hydrogen-bond acceptors (Lipinski definition) is 4. The average molecular weight is 336 g/mol. The highest BCUT2D eigenvalue weighted by Gasteiger charge is 2.20. The van der Waals surface area contributed by atoms with Crippen molar-refractivity contribution in [1.82, 2.24) is 15.3 Å². The van der Waals surface area contributed by atoms with Crippen molar-refractivity contribution in [2.24, 2.45) is 0 Å². The minimum absolute atomic E-state index is 0.712. The second-order valence-corrected chi connectivity index (χ2v) is 6.46. The second-order valence-electron chi connectivity index (χ2n) is 4.54. The molecule has 19 heavy (non-hydrogen) atoms. The second kappa shape index (κ2) is 6.03. The Hall–Kier alpha value is -0.910. The van der Waals surface area contributed by atoms with Gasteiger partial charge in [0.15, 0.2) is 0 Å². The molecule has 1 fully saturated rings. The number of aromatic nitrogens is 2. The Labute approximate surface area is 125 Å². The third-order valence-electron chi connectivity index (χ3n) is 2.91. The lowest BCUT2D eigenvalue weighted by molar-refractivity contribution is 0.675. The third-order valence-corrected chi connectivity index (χ3v) is 4.39. The Balaban J connectivity index is 1.73. The van der Waals surface area contributed by atoms with E-state index in [1.807, 2.05) is 30.6 Å². The topological polar surface area (TPSA) is 37.8 Å². The van der Waals surface area contributed by atoms with Crippen LogP contribution < -0.4 is 5.32 Å². The highest BCUT2D eigenvalue weighted by Crippen LogP contribution is 2.28. The summed E-state index contributed by atoms with van der Waals surface area (Å²) in [5.41, 5.74) is 1.24. The fourth-order valence-electron chi connectivity index (χ4n) is 1.71. The van der Waals surface area contributed by atoms with Crippen molar-refractivity contribution < 1.29 is 0 Å². The zero-order chi connectivity index (χ0) is 13.1. The number of pyridine rings is 2. The number of hydrogen-bond donors (Lipinski definition) is 1. The maximum absolute atomic E-state index is 4.47. The molecule has 1 N–H and O–H groups in total. The Morgan fingerprint density at radius 3 is 2.89 bits per heavy atom. The summed E-state index contributed by atoms with van der Waals surface area (Å²) in [6.45, 7) is 0.886. The van der Waals surface area contributed by atoms with Crippen molar-refractivity contribution in [3.8, 4) is 0 Å². The first-order valence-corrected chi connectivity index (χ1v) is 7.89. The van der Waals surface area contributed by atoms with Crippen LogP contribution in [-0.2, 0) is 6.54 Å². The lowest BCUT2D eigenvalue weighted by atomic mass is 10.3. The smallest absolute Gasteiger partial charge is 0.107 e. The molecule has 0 amide bonds. The van der Waals surface area contributed by atoms with E-state index in [4.69, 9.17) is 0 Å². The van der Waals surface area contributed by atoms with Gasteiger partial charge >= 0.3 is 0 Å². The lowest BCUT2D eigenvalue weighted by Crippen LogP contribution is -2.16. The van der Waals surface area contributed by atoms with Gasteiger partial charge in [0.05, 0.1) is 0 Å². The standard InChI is InChI=1S/C14H14BrN3S/c15-11-3-6-13(18-9-11)19-14-10(2-1-7-16-14)8-17-12-4-5-12/h1-3,6-7,9,12,17H,4-5,8H2. The SMILES string of the molecule is Brc1ccc(Sc2ncccc2CNC2CC2)nc1. The Bertz CT molecular complexity index is 555. The van der Waals surface area contributed by atoms with Crippen molar-refractivity contribution in [1.29, 1.82) is 0 Å². The maximum Gasteiger partial charge on any atom is 0.107 e. The number of halogens is 1. The van der Waals surface area contributed by atoms with E-state index in [1.54, 1.807) is 11.8 Å². The van der Waals surface area contributed by atoms with Gasteiger partial charge in [-0.3, -0.25) is 0 Å². The summed E-state index contributed by atoms with van der Waals surface area (Å²) in [6.07, 6.45) is 6.25. The molecule has 0 saturated heterocycles. The molecule has 1 saturated carbocycles. The summed E-state index contributed by atoms with van der Waals surface area (Å²) in [5.74, 6) is 0. The van der Waals surface area contributed by atoms with Crippen LogP contribution in [0.2, 0.25) is 0 Å². The molecule has 0 radical (unpaired) electrons. The van der Waals surface area contributed by atoms with Gasteiger partial charge in [-0.25, -0.2) is 9.97 Å². The summed E-state index contributed by atoms with van der Waals surface area (Å²) in [7, 11) is 0. The Kier molecular flexibility index (Phi) is 4.15. The van der Waals surface area contributed by atoms with Crippen molar-refractivity contribution in [2.75, 3.05) is 0 Å². The predicted molar refractivity (Wildman–Crippen MR) is 80.2 cm³/mol. The van der Waals surface area contributed by atoms with Crippen molar-refractivity contribution in [2.45, 2.75) is 35.5 Å². The molecule has 0 unspecified atom stereocenters. The van der Waals surface area contributed by atoms with Crippen LogP contribution in [0.25, 0.3) is 0 Å². The normalized spacial score (nSPS) is 14.6. The van der Waals surface area contributed by atoms with Crippen molar-refractivity contribution >= 4 is 27.7 Å². The van der Waals surface area contributed by atoms with Crippen molar-refractivity contribution in [3.63, 3.8) is 0 Å². The maximum atomic E-state index is 4.47. The lowest BCUT2D eigenvalue weighted by Gasteiger charge is -2.08. The summed E-state index contributed by atoms with van der Waals surface area (Å²) in [4.78, 5) is 8.84. The van der Waals surface area contributed by atoms with Gasteiger partial charge < -0.3 is 5.32 Å². The van der Waals surface area contributed by atoms with Gasteiger partial charge in [0.25, 0.3) is 0 Å². The summed E-state index contributed by atoms with van der Waals surface area (Å²) in [5, 5.41) is 5.53. The fraction of sp³-hybridized carbons (Fsp3) is 0.286. The van der Waals surface area contributed by atoms with Gasteiger partial charge in [-0.2, -0.15) is 0 Å². The molecule has 1 aliphatic rings. The minimum Gasteiger partial charge on any atom is -0.310 e. The molecule has 3 rings (SSSR count). The Morgan fingerprint density at radius 1 is 1.26 bits per heavy atom. The van der Waals surface area contributed by atoms with E-state index in [-0.39, 0.29) is 0 Å². The highest BCUT2D eigenvalue weighted by atomic mass is 79.9. The first-order valence-electron chi connectivity index (χ1n) is 6.28. The van der Waals surface area contributed by atoms with Gasteiger partial charge in [0, 0.05) is 29.5 Å². The summed E-state index contributed by atoms with van der Waals surface area (Å²) >= 11 is 5.01. The summed E-state index contributed by atoms with van der Waals surface area (Å²) < 4.78 is 0.994. The monoisotopic (exact) mass is 335 g/mol. The van der Waals surface area contributed by atoms with E-state index in [1.165, 1.54) is 18.4 Å². The van der Waals surface area contributed by atoms with Gasteiger partial charge in [-0.05, 0) is 64.3 Å². The molecule has 2 aromatic heterocycles. The van der Waals surface area contributed by atoms with Gasteiger partial charge in [0.2, 0.25) is 0 Å². The molecular weight excluding hydrogens is 322 g/mol. The van der Waals surface area contributed by atoms with Crippen LogP contribution in [0.4, 0.5) is 0 Å². The van der Waals surface area contributed by atoms with Gasteiger partial charge in [-0.1, -0.05) is 6.07 Å². The number of nitrogens with zero attached hydrogens (tertiary/aromatic N) is 2. The van der Waals surface area contributed by atoms with Gasteiger partial charge in [0.1, 0.15) is 10.1 Å². The fourth-order valence-corrected chi connectivity index (χ4v) is 2.77. The first kappa shape index (κ1) is 13.1. The third kappa shape index (κ3) is 3.78.